The topological polar surface area (TPSA) is 81.5 Å². The molecule has 0 saturated heterocycles. The summed E-state index contributed by atoms with van der Waals surface area (Å²) >= 11 is 0. The van der Waals surface area contributed by atoms with E-state index < -0.39 is 0 Å². The number of amides is 1. The summed E-state index contributed by atoms with van der Waals surface area (Å²) in [5, 5.41) is 11.2. The van der Waals surface area contributed by atoms with E-state index in [0.29, 0.717) is 42.6 Å². The normalized spacial score (nSPS) is 12.4. The summed E-state index contributed by atoms with van der Waals surface area (Å²) in [6.07, 6.45) is 0. The minimum atomic E-state index is -0.147. The fourth-order valence-electron chi connectivity index (χ4n) is 2.50. The van der Waals surface area contributed by atoms with Crippen LogP contribution in [-0.2, 0) is 0 Å². The van der Waals surface area contributed by atoms with Crippen LogP contribution in [0.2, 0.25) is 0 Å². The van der Waals surface area contributed by atoms with Crippen molar-refractivity contribution >= 4 is 18.3 Å². The monoisotopic (exact) mass is 367 g/mol. The highest BCUT2D eigenvalue weighted by molar-refractivity contribution is 5.93. The van der Waals surface area contributed by atoms with Crippen LogP contribution in [0.3, 0.4) is 0 Å². The van der Waals surface area contributed by atoms with Crippen molar-refractivity contribution in [2.45, 2.75) is 6.92 Å². The zero-order valence-electron chi connectivity index (χ0n) is 14.5. The molecule has 0 spiro atoms. The molecule has 25 heavy (non-hydrogen) atoms. The average molecular weight is 368 g/mol. The predicted octanol–water partition coefficient (Wildman–Crippen LogP) is 1.06. The molecule has 1 aromatic carbocycles. The van der Waals surface area contributed by atoms with Gasteiger partial charge in [0.2, 0.25) is 0 Å². The number of nitrogens with zero attached hydrogens (tertiary/aromatic N) is 4. The number of ether oxygens (including phenoxy) is 2. The molecule has 0 saturated carbocycles. The highest BCUT2D eigenvalue weighted by atomic mass is 35.5. The van der Waals surface area contributed by atoms with Gasteiger partial charge in [-0.1, -0.05) is 5.21 Å². The molecule has 1 aliphatic heterocycles. The largest absolute Gasteiger partial charge is 0.486 e. The average Bonchev–Trinajstić information content (AvgIpc) is 3.00. The second-order valence-electron chi connectivity index (χ2n) is 5.59. The Balaban J connectivity index is 0.00000225. The molecule has 8 nitrogen and oxygen atoms in total. The molecule has 0 aliphatic carbocycles. The molecule has 2 aromatic rings. The van der Waals surface area contributed by atoms with E-state index in [1.807, 2.05) is 32.2 Å². The van der Waals surface area contributed by atoms with Crippen molar-refractivity contribution < 1.29 is 14.3 Å². The van der Waals surface area contributed by atoms with E-state index in [1.165, 1.54) is 0 Å². The molecule has 0 bridgehead atoms. The molecule has 0 unspecified atom stereocenters. The third-order valence-corrected chi connectivity index (χ3v) is 3.91. The summed E-state index contributed by atoms with van der Waals surface area (Å²) in [6.45, 7) is 4.22. The van der Waals surface area contributed by atoms with Gasteiger partial charge in [0, 0.05) is 26.2 Å². The van der Waals surface area contributed by atoms with Gasteiger partial charge in [0.25, 0.3) is 5.91 Å². The van der Waals surface area contributed by atoms with Gasteiger partial charge in [0.05, 0.1) is 11.4 Å². The molecule has 1 N–H and O–H groups in total. The molecular weight excluding hydrogens is 346 g/mol. The Bertz CT molecular complexity index is 749. The number of carbonyl (C=O) groups excluding carboxylic acids is 1. The van der Waals surface area contributed by atoms with Gasteiger partial charge in [-0.3, -0.25) is 4.79 Å². The van der Waals surface area contributed by atoms with Crippen molar-refractivity contribution in [2.75, 3.05) is 40.4 Å². The van der Waals surface area contributed by atoms with Crippen molar-refractivity contribution in [1.82, 2.24) is 25.2 Å². The van der Waals surface area contributed by atoms with Gasteiger partial charge >= 0.3 is 0 Å². The van der Waals surface area contributed by atoms with Crippen LogP contribution in [0.15, 0.2) is 18.2 Å². The predicted molar refractivity (Wildman–Crippen MR) is 95.2 cm³/mol. The maximum Gasteiger partial charge on any atom is 0.276 e. The molecule has 136 valence electrons. The van der Waals surface area contributed by atoms with Crippen LogP contribution in [0.5, 0.6) is 11.5 Å². The van der Waals surface area contributed by atoms with E-state index >= 15 is 0 Å². The zero-order chi connectivity index (χ0) is 17.1. The Morgan fingerprint density at radius 3 is 2.76 bits per heavy atom. The number of aromatic nitrogens is 3. The molecular formula is C16H22ClN5O3. The van der Waals surface area contributed by atoms with Gasteiger partial charge in [-0.2, -0.15) is 0 Å². The SMILES string of the molecule is CNCCN(C)C(=O)c1nnn(-c2ccc3c(c2)OCCO3)c1C.Cl. The Hall–Kier alpha value is -2.32. The van der Waals surface area contributed by atoms with Crippen molar-refractivity contribution in [1.29, 1.82) is 0 Å². The minimum Gasteiger partial charge on any atom is -0.486 e. The number of carbonyl (C=O) groups is 1. The highest BCUT2D eigenvalue weighted by Gasteiger charge is 2.21. The van der Waals surface area contributed by atoms with Crippen LogP contribution < -0.4 is 14.8 Å². The number of hydrogen-bond acceptors (Lipinski definition) is 6. The smallest absolute Gasteiger partial charge is 0.276 e. The standard InChI is InChI=1S/C16H21N5O3.ClH/c1-11-15(16(22)20(3)7-6-17-2)18-19-21(11)12-4-5-13-14(10-12)24-9-8-23-13;/h4-5,10,17H,6-9H2,1-3H3;1H. The Morgan fingerprint density at radius 2 is 2.04 bits per heavy atom. The first-order chi connectivity index (χ1) is 11.6. The maximum absolute atomic E-state index is 12.5. The van der Waals surface area contributed by atoms with E-state index in [4.69, 9.17) is 9.47 Å². The molecule has 2 heterocycles. The van der Waals surface area contributed by atoms with Crippen LogP contribution in [0, 0.1) is 6.92 Å². The first-order valence-electron chi connectivity index (χ1n) is 7.84. The van der Waals surface area contributed by atoms with Crippen LogP contribution in [0.25, 0.3) is 5.69 Å². The van der Waals surface area contributed by atoms with Crippen LogP contribution >= 0.6 is 12.4 Å². The quantitative estimate of drug-likeness (QED) is 0.851. The number of halogens is 1. The summed E-state index contributed by atoms with van der Waals surface area (Å²) in [5.41, 5.74) is 1.82. The Morgan fingerprint density at radius 1 is 1.32 bits per heavy atom. The van der Waals surface area contributed by atoms with E-state index in [9.17, 15) is 4.79 Å². The molecule has 1 aromatic heterocycles. The molecule has 1 amide bonds. The number of likely N-dealkylation sites (N-methyl/N-ethyl adjacent to an activating group) is 2. The lowest BCUT2D eigenvalue weighted by Crippen LogP contribution is -2.33. The molecule has 9 heteroatoms. The minimum absolute atomic E-state index is 0. The van der Waals surface area contributed by atoms with Crippen molar-refractivity contribution in [3.05, 3.63) is 29.6 Å². The number of fused-ring (bicyclic) bond motifs is 1. The first-order valence-corrected chi connectivity index (χ1v) is 7.84. The third-order valence-electron chi connectivity index (χ3n) is 3.91. The lowest BCUT2D eigenvalue weighted by molar-refractivity contribution is 0.0790. The van der Waals surface area contributed by atoms with Gasteiger partial charge in [-0.25, -0.2) is 4.68 Å². The molecule has 1 aliphatic rings. The maximum atomic E-state index is 12.5. The summed E-state index contributed by atoms with van der Waals surface area (Å²) in [5.74, 6) is 1.24. The lowest BCUT2D eigenvalue weighted by Gasteiger charge is -2.19. The summed E-state index contributed by atoms with van der Waals surface area (Å²) in [7, 11) is 3.60. The Kier molecular flexibility index (Phi) is 6.22. The van der Waals surface area contributed by atoms with Gasteiger partial charge in [0.1, 0.15) is 13.2 Å². The first kappa shape index (κ1) is 19.0. The second kappa shape index (κ2) is 8.17. The molecule has 3 rings (SSSR count). The van der Waals surface area contributed by atoms with Crippen LogP contribution in [0.1, 0.15) is 16.2 Å². The van der Waals surface area contributed by atoms with E-state index in [0.717, 1.165) is 12.2 Å². The fraction of sp³-hybridized carbons (Fsp3) is 0.438. The molecule has 0 fully saturated rings. The highest BCUT2D eigenvalue weighted by Crippen LogP contribution is 2.32. The number of nitrogens with one attached hydrogen (secondary N) is 1. The second-order valence-corrected chi connectivity index (χ2v) is 5.59. The number of rotatable bonds is 5. The van der Waals surface area contributed by atoms with Gasteiger partial charge in [-0.05, 0) is 26.1 Å². The molecule has 0 radical (unpaired) electrons. The summed E-state index contributed by atoms with van der Waals surface area (Å²) in [4.78, 5) is 14.1. The van der Waals surface area contributed by atoms with E-state index in [-0.39, 0.29) is 18.3 Å². The molecule has 0 atom stereocenters. The van der Waals surface area contributed by atoms with Gasteiger partial charge < -0.3 is 19.7 Å². The van der Waals surface area contributed by atoms with Gasteiger partial charge in [-0.15, -0.1) is 17.5 Å². The van der Waals surface area contributed by atoms with Crippen molar-refractivity contribution in [3.8, 4) is 17.2 Å². The van der Waals surface area contributed by atoms with Crippen LogP contribution in [-0.4, -0.2) is 66.2 Å². The summed E-state index contributed by atoms with van der Waals surface area (Å²) in [6, 6.07) is 5.55. The number of benzene rings is 1. The van der Waals surface area contributed by atoms with E-state index in [1.54, 1.807) is 16.6 Å². The summed E-state index contributed by atoms with van der Waals surface area (Å²) < 4.78 is 12.7. The van der Waals surface area contributed by atoms with Crippen LogP contribution in [0.4, 0.5) is 0 Å². The number of hydrogen-bond donors (Lipinski definition) is 1. The zero-order valence-corrected chi connectivity index (χ0v) is 15.3. The van der Waals surface area contributed by atoms with Gasteiger partial charge in [0.15, 0.2) is 17.2 Å². The third kappa shape index (κ3) is 3.85. The Labute approximate surface area is 152 Å². The fourth-order valence-corrected chi connectivity index (χ4v) is 2.50. The van der Waals surface area contributed by atoms with E-state index in [2.05, 4.69) is 15.6 Å². The lowest BCUT2D eigenvalue weighted by atomic mass is 10.2. The van der Waals surface area contributed by atoms with Crippen molar-refractivity contribution in [3.63, 3.8) is 0 Å². The van der Waals surface area contributed by atoms with Crippen molar-refractivity contribution in [2.24, 2.45) is 0 Å².